The van der Waals surface area contributed by atoms with Crippen molar-refractivity contribution in [3.63, 3.8) is 0 Å². The second kappa shape index (κ2) is 3.49. The van der Waals surface area contributed by atoms with E-state index in [0.29, 0.717) is 0 Å². The van der Waals surface area contributed by atoms with E-state index in [0.717, 1.165) is 37.5 Å². The first-order valence-electron chi connectivity index (χ1n) is 7.09. The molecule has 0 N–H and O–H groups in total. The summed E-state index contributed by atoms with van der Waals surface area (Å²) in [5.74, 6) is 0.622. The molecule has 0 atom stereocenters. The average molecular weight is 250 g/mol. The van der Waals surface area contributed by atoms with Gasteiger partial charge in [0, 0.05) is 11.8 Å². The Balaban J connectivity index is 1.72. The van der Waals surface area contributed by atoms with E-state index >= 15 is 0 Å². The Hall–Kier alpha value is -1.06. The second-order valence-corrected chi connectivity index (χ2v) is 6.47. The first-order chi connectivity index (χ1) is 8.65. The van der Waals surface area contributed by atoms with Gasteiger partial charge < -0.3 is 9.47 Å². The summed E-state index contributed by atoms with van der Waals surface area (Å²) < 4.78 is 11.3. The van der Waals surface area contributed by atoms with Crippen molar-refractivity contribution in [2.75, 3.05) is 0 Å². The van der Waals surface area contributed by atoms with Gasteiger partial charge in [-0.05, 0) is 43.9 Å². The van der Waals surface area contributed by atoms with Crippen molar-refractivity contribution in [1.29, 1.82) is 0 Å². The van der Waals surface area contributed by atoms with Gasteiger partial charge in [0.15, 0.2) is 0 Å². The predicted molar refractivity (Wildman–Crippen MR) is 61.2 cm³/mol. The van der Waals surface area contributed by atoms with Crippen LogP contribution in [-0.2, 0) is 19.1 Å². The topological polar surface area (TPSA) is 52.6 Å². The number of carbonyl (C=O) groups is 2. The molecule has 1 spiro atoms. The summed E-state index contributed by atoms with van der Waals surface area (Å²) in [6, 6.07) is 0. The van der Waals surface area contributed by atoms with Gasteiger partial charge in [0.2, 0.25) is 0 Å². The van der Waals surface area contributed by atoms with E-state index in [1.807, 2.05) is 0 Å². The zero-order valence-corrected chi connectivity index (χ0v) is 10.4. The van der Waals surface area contributed by atoms with Gasteiger partial charge in [-0.25, -0.2) is 0 Å². The molecule has 0 aromatic carbocycles. The highest BCUT2D eigenvalue weighted by Gasteiger charge is 2.62. The van der Waals surface area contributed by atoms with Crippen molar-refractivity contribution in [2.24, 2.45) is 23.7 Å². The molecule has 0 unspecified atom stereocenters. The molecule has 0 aromatic rings. The minimum absolute atomic E-state index is 0.173. The van der Waals surface area contributed by atoms with Crippen LogP contribution in [-0.4, -0.2) is 17.7 Å². The van der Waals surface area contributed by atoms with Gasteiger partial charge in [0.25, 0.3) is 5.79 Å². The van der Waals surface area contributed by atoms with Crippen LogP contribution in [0.5, 0.6) is 0 Å². The Bertz CT molecular complexity index is 366. The zero-order valence-electron chi connectivity index (χ0n) is 10.4. The first kappa shape index (κ1) is 10.8. The molecule has 0 amide bonds. The van der Waals surface area contributed by atoms with Crippen molar-refractivity contribution in [3.05, 3.63) is 0 Å². The van der Waals surface area contributed by atoms with Crippen molar-refractivity contribution in [3.8, 4) is 0 Å². The molecule has 4 heteroatoms. The second-order valence-electron chi connectivity index (χ2n) is 6.47. The van der Waals surface area contributed by atoms with Crippen molar-refractivity contribution < 1.29 is 19.1 Å². The van der Waals surface area contributed by atoms with Crippen LogP contribution in [0.25, 0.3) is 0 Å². The molecule has 4 saturated carbocycles. The van der Waals surface area contributed by atoms with E-state index in [9.17, 15) is 9.59 Å². The predicted octanol–water partition coefficient (Wildman–Crippen LogP) is 2.02. The number of hydrogen-bond donors (Lipinski definition) is 0. The Labute approximate surface area is 106 Å². The molecular weight excluding hydrogens is 232 g/mol. The molecule has 18 heavy (non-hydrogen) atoms. The summed E-state index contributed by atoms with van der Waals surface area (Å²) in [6.45, 7) is 0. The quantitative estimate of drug-likeness (QED) is 0.617. The van der Waals surface area contributed by atoms with Gasteiger partial charge in [-0.15, -0.1) is 0 Å². The smallest absolute Gasteiger partial charge is 0.309 e. The highest BCUT2D eigenvalue weighted by atomic mass is 16.7. The number of rotatable bonds is 0. The van der Waals surface area contributed by atoms with Crippen LogP contribution in [0.1, 0.15) is 44.9 Å². The maximum absolute atomic E-state index is 11.8. The van der Waals surface area contributed by atoms with Crippen LogP contribution in [0.4, 0.5) is 0 Å². The summed E-state index contributed by atoms with van der Waals surface area (Å²) in [7, 11) is 0. The van der Waals surface area contributed by atoms with Crippen LogP contribution in [0.2, 0.25) is 0 Å². The molecule has 5 rings (SSSR count). The van der Waals surface area contributed by atoms with Gasteiger partial charge in [0.05, 0.1) is 12.8 Å². The van der Waals surface area contributed by atoms with E-state index in [1.165, 1.54) is 6.42 Å². The van der Waals surface area contributed by atoms with Crippen LogP contribution >= 0.6 is 0 Å². The molecule has 5 aliphatic rings. The molecule has 4 bridgehead atoms. The fourth-order valence-electron chi connectivity index (χ4n) is 4.86. The maximum atomic E-state index is 11.8. The summed E-state index contributed by atoms with van der Waals surface area (Å²) in [4.78, 5) is 23.5. The van der Waals surface area contributed by atoms with Crippen LogP contribution in [0.3, 0.4) is 0 Å². The molecule has 1 heterocycles. The molecule has 98 valence electrons. The normalized spacial score (nSPS) is 44.7. The standard InChI is InChI=1S/C14H18O4/c15-12-1-2-13(16)18-14(17-12)10-4-8-3-9(6-10)7-11(14)5-8/h8-11H,1-7H2. The van der Waals surface area contributed by atoms with Gasteiger partial charge in [-0.2, -0.15) is 0 Å². The van der Waals surface area contributed by atoms with Crippen molar-refractivity contribution >= 4 is 11.9 Å². The maximum Gasteiger partial charge on any atom is 0.309 e. The fourth-order valence-corrected chi connectivity index (χ4v) is 4.86. The highest BCUT2D eigenvalue weighted by molar-refractivity contribution is 5.80. The lowest BCUT2D eigenvalue weighted by Gasteiger charge is -2.58. The van der Waals surface area contributed by atoms with Crippen LogP contribution < -0.4 is 0 Å². The largest absolute Gasteiger partial charge is 0.422 e. The molecular formula is C14H18O4. The van der Waals surface area contributed by atoms with E-state index in [2.05, 4.69) is 0 Å². The minimum Gasteiger partial charge on any atom is -0.422 e. The zero-order chi connectivity index (χ0) is 12.3. The Morgan fingerprint density at radius 3 is 1.67 bits per heavy atom. The third-order valence-electron chi connectivity index (χ3n) is 5.36. The van der Waals surface area contributed by atoms with Crippen LogP contribution in [0, 0.1) is 23.7 Å². The lowest BCUT2D eigenvalue weighted by Crippen LogP contribution is -2.61. The number of carbonyl (C=O) groups excluding carboxylic acids is 2. The number of ether oxygens (including phenoxy) is 2. The fraction of sp³-hybridized carbons (Fsp3) is 0.857. The molecule has 1 saturated heterocycles. The number of esters is 2. The van der Waals surface area contributed by atoms with Gasteiger partial charge in [-0.3, -0.25) is 9.59 Å². The first-order valence-corrected chi connectivity index (χ1v) is 7.09. The summed E-state index contributed by atoms with van der Waals surface area (Å²) >= 11 is 0. The van der Waals surface area contributed by atoms with E-state index < -0.39 is 5.79 Å². The monoisotopic (exact) mass is 250 g/mol. The molecule has 4 aliphatic carbocycles. The summed E-state index contributed by atoms with van der Waals surface area (Å²) in [5, 5.41) is 0. The molecule has 5 fully saturated rings. The Morgan fingerprint density at radius 1 is 0.778 bits per heavy atom. The molecule has 1 aliphatic heterocycles. The summed E-state index contributed by atoms with van der Waals surface area (Å²) in [5.41, 5.74) is 0. The third-order valence-corrected chi connectivity index (χ3v) is 5.36. The lowest BCUT2D eigenvalue weighted by atomic mass is 9.53. The van der Waals surface area contributed by atoms with E-state index in [-0.39, 0.29) is 36.6 Å². The summed E-state index contributed by atoms with van der Waals surface area (Å²) in [6.07, 6.45) is 5.92. The SMILES string of the molecule is O=C1CCC(=O)OC2(O1)C1CC3CC(C1)CC2C3. The lowest BCUT2D eigenvalue weighted by molar-refractivity contribution is -0.305. The number of hydrogen-bond acceptors (Lipinski definition) is 4. The van der Waals surface area contributed by atoms with Gasteiger partial charge >= 0.3 is 11.9 Å². The van der Waals surface area contributed by atoms with E-state index in [1.54, 1.807) is 0 Å². The molecule has 0 aromatic heterocycles. The Kier molecular flexibility index (Phi) is 2.10. The third kappa shape index (κ3) is 1.38. The van der Waals surface area contributed by atoms with E-state index in [4.69, 9.17) is 9.47 Å². The Morgan fingerprint density at radius 2 is 1.22 bits per heavy atom. The van der Waals surface area contributed by atoms with Crippen molar-refractivity contribution in [2.45, 2.75) is 50.7 Å². The van der Waals surface area contributed by atoms with Crippen LogP contribution in [0.15, 0.2) is 0 Å². The minimum atomic E-state index is -0.891. The van der Waals surface area contributed by atoms with Gasteiger partial charge in [-0.1, -0.05) is 0 Å². The molecule has 4 nitrogen and oxygen atoms in total. The van der Waals surface area contributed by atoms with Gasteiger partial charge in [0.1, 0.15) is 0 Å². The van der Waals surface area contributed by atoms with Crippen molar-refractivity contribution in [1.82, 2.24) is 0 Å². The average Bonchev–Trinajstić information content (AvgIpc) is 2.46. The molecule has 0 radical (unpaired) electrons. The highest BCUT2D eigenvalue weighted by Crippen LogP contribution is 2.60.